The maximum Gasteiger partial charge on any atom is 0.242 e. The predicted molar refractivity (Wildman–Crippen MR) is 90.9 cm³/mol. The van der Waals surface area contributed by atoms with E-state index in [0.717, 1.165) is 12.8 Å². The molecule has 124 valence electrons. The van der Waals surface area contributed by atoms with Gasteiger partial charge in [0.15, 0.2) is 0 Å². The zero-order valence-corrected chi connectivity index (χ0v) is 14.1. The van der Waals surface area contributed by atoms with Gasteiger partial charge in [-0.2, -0.15) is 0 Å². The van der Waals surface area contributed by atoms with Crippen LogP contribution in [0.5, 0.6) is 0 Å². The number of likely N-dealkylation sites (N-methyl/N-ethyl adjacent to an activating group) is 1. The van der Waals surface area contributed by atoms with Crippen LogP contribution in [0.3, 0.4) is 0 Å². The van der Waals surface area contributed by atoms with Crippen molar-refractivity contribution >= 4 is 24.2 Å². The summed E-state index contributed by atoms with van der Waals surface area (Å²) in [5.74, 6) is -0.377. The van der Waals surface area contributed by atoms with Crippen molar-refractivity contribution in [2.45, 2.75) is 32.7 Å². The van der Waals surface area contributed by atoms with Gasteiger partial charge >= 0.3 is 0 Å². The lowest BCUT2D eigenvalue weighted by molar-refractivity contribution is -0.134. The molecule has 0 heterocycles. The van der Waals surface area contributed by atoms with Crippen molar-refractivity contribution in [1.29, 1.82) is 0 Å². The minimum absolute atomic E-state index is 0. The van der Waals surface area contributed by atoms with Gasteiger partial charge in [0.1, 0.15) is 0 Å². The Morgan fingerprint density at radius 3 is 2.36 bits per heavy atom. The average molecular weight is 328 g/mol. The number of amides is 2. The largest absolute Gasteiger partial charge is 0.346 e. The molecule has 1 rings (SSSR count). The fourth-order valence-electron chi connectivity index (χ4n) is 2.35. The molecule has 22 heavy (non-hydrogen) atoms. The first-order chi connectivity index (χ1) is 10.1. The highest BCUT2D eigenvalue weighted by molar-refractivity contribution is 5.86. The number of rotatable bonds is 8. The summed E-state index contributed by atoms with van der Waals surface area (Å²) in [6, 6.07) is 10.3. The van der Waals surface area contributed by atoms with Crippen LogP contribution in [0.1, 0.15) is 25.8 Å². The Morgan fingerprint density at radius 1 is 1.23 bits per heavy atom. The van der Waals surface area contributed by atoms with E-state index in [4.69, 9.17) is 5.73 Å². The maximum atomic E-state index is 12.3. The first-order valence-electron chi connectivity index (χ1n) is 7.42. The van der Waals surface area contributed by atoms with E-state index in [1.807, 2.05) is 30.0 Å². The van der Waals surface area contributed by atoms with Crippen molar-refractivity contribution in [2.24, 2.45) is 5.73 Å². The molecular formula is C16H26ClN3O2. The molecule has 0 bridgehead atoms. The third-order valence-corrected chi connectivity index (χ3v) is 3.51. The van der Waals surface area contributed by atoms with Gasteiger partial charge in [-0.1, -0.05) is 37.3 Å². The molecule has 1 atom stereocenters. The van der Waals surface area contributed by atoms with Gasteiger partial charge in [0.25, 0.3) is 0 Å². The summed E-state index contributed by atoms with van der Waals surface area (Å²) >= 11 is 0. The number of carbonyl (C=O) groups excluding carboxylic acids is 2. The average Bonchev–Trinajstić information content (AvgIpc) is 2.53. The second-order valence-electron chi connectivity index (χ2n) is 4.91. The van der Waals surface area contributed by atoms with Crippen molar-refractivity contribution in [3.8, 4) is 0 Å². The van der Waals surface area contributed by atoms with Gasteiger partial charge in [-0.25, -0.2) is 0 Å². The van der Waals surface area contributed by atoms with Crippen molar-refractivity contribution in [3.63, 3.8) is 0 Å². The van der Waals surface area contributed by atoms with Crippen molar-refractivity contribution < 1.29 is 9.59 Å². The molecule has 0 aliphatic carbocycles. The van der Waals surface area contributed by atoms with Crippen LogP contribution >= 0.6 is 12.4 Å². The SMILES string of the molecule is CCC(Cc1ccccc1)N(CC)C(=O)CNC(=O)CN.Cl. The van der Waals surface area contributed by atoms with E-state index in [9.17, 15) is 9.59 Å². The van der Waals surface area contributed by atoms with E-state index < -0.39 is 0 Å². The number of halogens is 1. The standard InChI is InChI=1S/C16H25N3O2.ClH/c1-3-14(10-13-8-6-5-7-9-13)19(4-2)16(21)12-18-15(20)11-17;/h5-9,14H,3-4,10-12,17H2,1-2H3,(H,18,20);1H. The van der Waals surface area contributed by atoms with Gasteiger partial charge in [0, 0.05) is 12.6 Å². The summed E-state index contributed by atoms with van der Waals surface area (Å²) in [6.45, 7) is 4.57. The van der Waals surface area contributed by atoms with Crippen molar-refractivity contribution in [2.75, 3.05) is 19.6 Å². The lowest BCUT2D eigenvalue weighted by Crippen LogP contribution is -2.47. The van der Waals surface area contributed by atoms with E-state index in [-0.39, 0.29) is 43.4 Å². The summed E-state index contributed by atoms with van der Waals surface area (Å²) in [4.78, 5) is 25.2. The molecule has 1 unspecified atom stereocenters. The Balaban J connectivity index is 0.00000441. The molecular weight excluding hydrogens is 302 g/mol. The molecule has 1 aromatic carbocycles. The van der Waals surface area contributed by atoms with Crippen molar-refractivity contribution in [3.05, 3.63) is 35.9 Å². The molecule has 0 aliphatic rings. The maximum absolute atomic E-state index is 12.3. The number of nitrogens with one attached hydrogen (secondary N) is 1. The van der Waals surface area contributed by atoms with Crippen LogP contribution < -0.4 is 11.1 Å². The minimum Gasteiger partial charge on any atom is -0.346 e. The number of nitrogens with two attached hydrogens (primary N) is 1. The van der Waals surface area contributed by atoms with Crippen molar-refractivity contribution in [1.82, 2.24) is 10.2 Å². The molecule has 0 aromatic heterocycles. The Hall–Kier alpha value is -1.59. The van der Waals surface area contributed by atoms with E-state index in [0.29, 0.717) is 6.54 Å². The van der Waals surface area contributed by atoms with E-state index >= 15 is 0 Å². The molecule has 0 aliphatic heterocycles. The third-order valence-electron chi connectivity index (χ3n) is 3.51. The van der Waals surface area contributed by atoms with Gasteiger partial charge in [0.2, 0.25) is 11.8 Å². The summed E-state index contributed by atoms with van der Waals surface area (Å²) in [5.41, 5.74) is 6.43. The van der Waals surface area contributed by atoms with Gasteiger partial charge in [-0.3, -0.25) is 9.59 Å². The van der Waals surface area contributed by atoms with E-state index in [2.05, 4.69) is 24.4 Å². The highest BCUT2D eigenvalue weighted by Gasteiger charge is 2.21. The lowest BCUT2D eigenvalue weighted by Gasteiger charge is -2.30. The molecule has 0 saturated carbocycles. The lowest BCUT2D eigenvalue weighted by atomic mass is 10.0. The van der Waals surface area contributed by atoms with Crippen LogP contribution in [0, 0.1) is 0 Å². The van der Waals surface area contributed by atoms with Gasteiger partial charge in [-0.15, -0.1) is 12.4 Å². The molecule has 5 nitrogen and oxygen atoms in total. The number of hydrogen-bond acceptors (Lipinski definition) is 3. The van der Waals surface area contributed by atoms with Crippen LogP contribution in [0.15, 0.2) is 30.3 Å². The fraction of sp³-hybridized carbons (Fsp3) is 0.500. The Morgan fingerprint density at radius 2 is 1.86 bits per heavy atom. The fourth-order valence-corrected chi connectivity index (χ4v) is 2.35. The molecule has 0 radical (unpaired) electrons. The van der Waals surface area contributed by atoms with Crippen LogP contribution in [-0.4, -0.2) is 42.4 Å². The van der Waals surface area contributed by atoms with Gasteiger partial charge < -0.3 is 16.0 Å². The molecule has 3 N–H and O–H groups in total. The predicted octanol–water partition coefficient (Wildman–Crippen LogP) is 1.35. The molecule has 1 aromatic rings. The van der Waals surface area contributed by atoms with Crippen LogP contribution in [0.2, 0.25) is 0 Å². The van der Waals surface area contributed by atoms with Gasteiger partial charge in [-0.05, 0) is 25.3 Å². The number of carbonyl (C=O) groups is 2. The number of nitrogens with zero attached hydrogens (tertiary/aromatic N) is 1. The van der Waals surface area contributed by atoms with E-state index in [1.165, 1.54) is 5.56 Å². The normalized spacial score (nSPS) is 11.2. The third kappa shape index (κ3) is 6.45. The van der Waals surface area contributed by atoms with Gasteiger partial charge in [0.05, 0.1) is 13.1 Å². The summed E-state index contributed by atoms with van der Waals surface area (Å²) in [7, 11) is 0. The molecule has 0 saturated heterocycles. The first-order valence-corrected chi connectivity index (χ1v) is 7.42. The summed E-state index contributed by atoms with van der Waals surface area (Å²) in [5, 5.41) is 2.53. The summed E-state index contributed by atoms with van der Waals surface area (Å²) < 4.78 is 0. The number of hydrogen-bond donors (Lipinski definition) is 2. The second kappa shape index (κ2) is 11.0. The Kier molecular flexibility index (Phi) is 10.2. The van der Waals surface area contributed by atoms with Crippen LogP contribution in [0.4, 0.5) is 0 Å². The molecule has 2 amide bonds. The monoisotopic (exact) mass is 327 g/mol. The topological polar surface area (TPSA) is 75.4 Å². The second-order valence-corrected chi connectivity index (χ2v) is 4.91. The number of benzene rings is 1. The molecule has 0 fully saturated rings. The summed E-state index contributed by atoms with van der Waals surface area (Å²) in [6.07, 6.45) is 1.70. The molecule has 6 heteroatoms. The minimum atomic E-state index is -0.310. The Bertz CT molecular complexity index is 454. The van der Waals surface area contributed by atoms with E-state index in [1.54, 1.807) is 0 Å². The first kappa shape index (κ1) is 20.4. The zero-order valence-electron chi connectivity index (χ0n) is 13.2. The Labute approximate surface area is 138 Å². The van der Waals surface area contributed by atoms with Crippen LogP contribution in [0.25, 0.3) is 0 Å². The molecule has 0 spiro atoms. The highest BCUT2D eigenvalue weighted by atomic mass is 35.5. The quantitative estimate of drug-likeness (QED) is 0.757. The van der Waals surface area contributed by atoms with Crippen LogP contribution in [-0.2, 0) is 16.0 Å². The zero-order chi connectivity index (χ0) is 15.7. The smallest absolute Gasteiger partial charge is 0.242 e. The highest BCUT2D eigenvalue weighted by Crippen LogP contribution is 2.12.